The molecule has 1 saturated heterocycles. The number of hydrogen-bond donors (Lipinski definition) is 2. The minimum Gasteiger partial charge on any atom is -0.303 e. The summed E-state index contributed by atoms with van der Waals surface area (Å²) in [5, 5.41) is 0. The Balaban J connectivity index is 2.20. The Morgan fingerprint density at radius 3 is 2.79 bits per heavy atom. The highest BCUT2D eigenvalue weighted by atomic mass is 31.2. The summed E-state index contributed by atoms with van der Waals surface area (Å²) in [5.74, 6) is 0. The number of rotatable bonds is 4. The van der Waals surface area contributed by atoms with Crippen LogP contribution in [0.25, 0.3) is 0 Å². The number of nitrogens with zero attached hydrogens (tertiary/aromatic N) is 1. The van der Waals surface area contributed by atoms with Gasteiger partial charge >= 0.3 is 7.82 Å². The van der Waals surface area contributed by atoms with E-state index >= 15 is 0 Å². The van der Waals surface area contributed by atoms with E-state index in [1.54, 1.807) is 0 Å². The maximum atomic E-state index is 10.4. The first-order valence-corrected chi connectivity index (χ1v) is 6.42. The van der Waals surface area contributed by atoms with Crippen LogP contribution in [0.1, 0.15) is 25.7 Å². The minimum absolute atomic E-state index is 0.138. The Morgan fingerprint density at radius 1 is 1.50 bits per heavy atom. The van der Waals surface area contributed by atoms with Gasteiger partial charge in [0.25, 0.3) is 0 Å². The predicted octanol–water partition coefficient (Wildman–Crippen LogP) is 0.970. The van der Waals surface area contributed by atoms with Crippen LogP contribution in [0.2, 0.25) is 0 Å². The second kappa shape index (κ2) is 5.24. The number of piperidine rings is 1. The third kappa shape index (κ3) is 4.53. The molecule has 0 aromatic rings. The SMILES string of the molecule is CN1CCCCC1CCOP(=O)(O)O. The highest BCUT2D eigenvalue weighted by molar-refractivity contribution is 7.46. The van der Waals surface area contributed by atoms with E-state index < -0.39 is 7.82 Å². The van der Waals surface area contributed by atoms with Crippen LogP contribution in [-0.4, -0.2) is 40.9 Å². The van der Waals surface area contributed by atoms with E-state index in [2.05, 4.69) is 9.42 Å². The fraction of sp³-hybridized carbons (Fsp3) is 1.00. The molecule has 0 bridgehead atoms. The zero-order valence-corrected chi connectivity index (χ0v) is 9.32. The van der Waals surface area contributed by atoms with E-state index in [-0.39, 0.29) is 6.61 Å². The second-order valence-electron chi connectivity index (χ2n) is 3.74. The van der Waals surface area contributed by atoms with Gasteiger partial charge in [0.2, 0.25) is 0 Å². The zero-order valence-electron chi connectivity index (χ0n) is 8.43. The van der Waals surface area contributed by atoms with Crippen LogP contribution in [0.3, 0.4) is 0 Å². The molecule has 1 fully saturated rings. The molecule has 0 amide bonds. The van der Waals surface area contributed by atoms with E-state index in [9.17, 15) is 4.57 Å². The molecule has 1 atom stereocenters. The fourth-order valence-electron chi connectivity index (χ4n) is 1.82. The molecule has 14 heavy (non-hydrogen) atoms. The standard InChI is InChI=1S/C8H18NO4P/c1-9-6-3-2-4-8(9)5-7-13-14(10,11)12/h8H,2-7H2,1H3,(H2,10,11,12). The van der Waals surface area contributed by atoms with Crippen molar-refractivity contribution >= 4 is 7.82 Å². The molecule has 5 nitrogen and oxygen atoms in total. The Hall–Kier alpha value is 0.0700. The lowest BCUT2D eigenvalue weighted by Gasteiger charge is -2.32. The minimum atomic E-state index is -4.27. The highest BCUT2D eigenvalue weighted by Crippen LogP contribution is 2.36. The van der Waals surface area contributed by atoms with Gasteiger partial charge in [-0.3, -0.25) is 4.52 Å². The lowest BCUT2D eigenvalue weighted by Crippen LogP contribution is -2.36. The largest absolute Gasteiger partial charge is 0.469 e. The van der Waals surface area contributed by atoms with Crippen molar-refractivity contribution in [2.75, 3.05) is 20.2 Å². The monoisotopic (exact) mass is 223 g/mol. The third-order valence-electron chi connectivity index (χ3n) is 2.63. The number of phosphoric acid groups is 1. The van der Waals surface area contributed by atoms with Crippen molar-refractivity contribution in [3.05, 3.63) is 0 Å². The van der Waals surface area contributed by atoms with Gasteiger partial charge in [0.15, 0.2) is 0 Å². The van der Waals surface area contributed by atoms with Gasteiger partial charge in [-0.25, -0.2) is 4.57 Å². The first kappa shape index (κ1) is 12.1. The summed E-state index contributed by atoms with van der Waals surface area (Å²) in [6.45, 7) is 1.21. The number of likely N-dealkylation sites (tertiary alicyclic amines) is 1. The molecule has 1 aliphatic rings. The van der Waals surface area contributed by atoms with Crippen LogP contribution in [0.15, 0.2) is 0 Å². The lowest BCUT2D eigenvalue weighted by atomic mass is 10.0. The van der Waals surface area contributed by atoms with Crippen LogP contribution in [-0.2, 0) is 9.09 Å². The van der Waals surface area contributed by atoms with Gasteiger partial charge in [-0.15, -0.1) is 0 Å². The molecule has 0 aliphatic carbocycles. The van der Waals surface area contributed by atoms with E-state index in [1.807, 2.05) is 7.05 Å². The highest BCUT2D eigenvalue weighted by Gasteiger charge is 2.20. The molecule has 0 radical (unpaired) electrons. The Morgan fingerprint density at radius 2 is 2.21 bits per heavy atom. The van der Waals surface area contributed by atoms with Gasteiger partial charge in [-0.2, -0.15) is 0 Å². The number of hydrogen-bond acceptors (Lipinski definition) is 3. The summed E-state index contributed by atoms with van der Waals surface area (Å²) in [5.41, 5.74) is 0. The van der Waals surface area contributed by atoms with Crippen molar-refractivity contribution < 1.29 is 18.9 Å². The molecule has 1 heterocycles. The summed E-state index contributed by atoms with van der Waals surface area (Å²) >= 11 is 0. The van der Waals surface area contributed by atoms with E-state index in [1.165, 1.54) is 12.8 Å². The summed E-state index contributed by atoms with van der Waals surface area (Å²) in [6.07, 6.45) is 4.21. The molecule has 1 unspecified atom stereocenters. The summed E-state index contributed by atoms with van der Waals surface area (Å²) < 4.78 is 14.8. The lowest BCUT2D eigenvalue weighted by molar-refractivity contribution is 0.135. The maximum Gasteiger partial charge on any atom is 0.469 e. The van der Waals surface area contributed by atoms with Crippen LogP contribution in [0, 0.1) is 0 Å². The third-order valence-corrected chi connectivity index (χ3v) is 3.15. The predicted molar refractivity (Wildman–Crippen MR) is 52.9 cm³/mol. The van der Waals surface area contributed by atoms with Crippen LogP contribution in [0.5, 0.6) is 0 Å². The summed E-state index contributed by atoms with van der Waals surface area (Å²) in [6, 6.07) is 0.412. The van der Waals surface area contributed by atoms with Crippen molar-refractivity contribution in [1.29, 1.82) is 0 Å². The van der Waals surface area contributed by atoms with Crippen molar-refractivity contribution in [2.24, 2.45) is 0 Å². The molecule has 84 valence electrons. The molecule has 0 aromatic heterocycles. The summed E-state index contributed by atoms with van der Waals surface area (Å²) in [7, 11) is -2.23. The zero-order chi connectivity index (χ0) is 10.6. The normalized spacial score (nSPS) is 25.2. The first-order chi connectivity index (χ1) is 6.49. The van der Waals surface area contributed by atoms with E-state index in [4.69, 9.17) is 9.79 Å². The molecule has 0 spiro atoms. The van der Waals surface area contributed by atoms with Gasteiger partial charge < -0.3 is 14.7 Å². The Labute approximate surface area is 84.3 Å². The first-order valence-electron chi connectivity index (χ1n) is 4.89. The smallest absolute Gasteiger partial charge is 0.303 e. The van der Waals surface area contributed by atoms with Crippen LogP contribution < -0.4 is 0 Å². The molecule has 1 aliphatic heterocycles. The fourth-order valence-corrected chi connectivity index (χ4v) is 2.16. The van der Waals surface area contributed by atoms with Crippen molar-refractivity contribution in [3.8, 4) is 0 Å². The molecule has 0 aromatic carbocycles. The van der Waals surface area contributed by atoms with Gasteiger partial charge in [-0.1, -0.05) is 6.42 Å². The average Bonchev–Trinajstić information content (AvgIpc) is 2.06. The molecular formula is C8H18NO4P. The Kier molecular flexibility index (Phi) is 4.54. The summed E-state index contributed by atoms with van der Waals surface area (Å²) in [4.78, 5) is 19.2. The van der Waals surface area contributed by atoms with Crippen molar-refractivity contribution in [1.82, 2.24) is 4.90 Å². The van der Waals surface area contributed by atoms with Crippen molar-refractivity contribution in [3.63, 3.8) is 0 Å². The average molecular weight is 223 g/mol. The quantitative estimate of drug-likeness (QED) is 0.695. The van der Waals surface area contributed by atoms with Crippen LogP contribution in [0.4, 0.5) is 0 Å². The van der Waals surface area contributed by atoms with Gasteiger partial charge in [-0.05, 0) is 32.9 Å². The molecule has 1 rings (SSSR count). The molecule has 0 saturated carbocycles. The van der Waals surface area contributed by atoms with Gasteiger partial charge in [0, 0.05) is 6.04 Å². The maximum absolute atomic E-state index is 10.4. The Bertz CT molecular complexity index is 217. The van der Waals surface area contributed by atoms with Gasteiger partial charge in [0.1, 0.15) is 0 Å². The van der Waals surface area contributed by atoms with Crippen molar-refractivity contribution in [2.45, 2.75) is 31.7 Å². The molecular weight excluding hydrogens is 205 g/mol. The van der Waals surface area contributed by atoms with Crippen LogP contribution >= 0.6 is 7.82 Å². The topological polar surface area (TPSA) is 70.0 Å². The molecule has 2 N–H and O–H groups in total. The number of phosphoric ester groups is 1. The van der Waals surface area contributed by atoms with Gasteiger partial charge in [0.05, 0.1) is 6.61 Å². The van der Waals surface area contributed by atoms with E-state index in [0.29, 0.717) is 12.5 Å². The molecule has 6 heteroatoms. The van der Waals surface area contributed by atoms with E-state index in [0.717, 1.165) is 13.0 Å². The second-order valence-corrected chi connectivity index (χ2v) is 4.98.